The Morgan fingerprint density at radius 1 is 1.33 bits per heavy atom. The van der Waals surface area contributed by atoms with Crippen LogP contribution in [0.5, 0.6) is 0 Å². The highest BCUT2D eigenvalue weighted by atomic mass is 32.2. The average molecular weight is 327 g/mol. The van der Waals surface area contributed by atoms with Gasteiger partial charge in [0.25, 0.3) is 0 Å². The molecule has 0 fully saturated rings. The number of aromatic nitrogens is 1. The molecular weight excluding hydrogens is 314 g/mol. The van der Waals surface area contributed by atoms with Crippen LogP contribution in [0.25, 0.3) is 0 Å². The lowest BCUT2D eigenvalue weighted by atomic mass is 10.3. The Labute approximate surface area is 125 Å². The number of rotatable bonds is 4. The fourth-order valence-corrected chi connectivity index (χ4v) is 2.92. The number of aryl methyl sites for hydroxylation is 1. The van der Waals surface area contributed by atoms with Crippen LogP contribution in [0.1, 0.15) is 15.4 Å². The van der Waals surface area contributed by atoms with Gasteiger partial charge < -0.3 is 10.1 Å². The molecule has 0 aliphatic carbocycles. The number of primary sulfonamides is 1. The van der Waals surface area contributed by atoms with Crippen LogP contribution in [0.3, 0.4) is 0 Å². The van der Waals surface area contributed by atoms with Gasteiger partial charge in [0.2, 0.25) is 10.0 Å². The number of carbonyl (C=O) groups is 1. The van der Waals surface area contributed by atoms with E-state index in [1.165, 1.54) is 30.6 Å². The highest BCUT2D eigenvalue weighted by Gasteiger charge is 2.16. The number of nitrogens with one attached hydrogen (secondary N) is 1. The monoisotopic (exact) mass is 327 g/mol. The Morgan fingerprint density at radius 3 is 2.48 bits per heavy atom. The van der Waals surface area contributed by atoms with Crippen molar-refractivity contribution in [3.63, 3.8) is 0 Å². The first-order chi connectivity index (χ1) is 9.81. The molecule has 0 saturated carbocycles. The Hall–Kier alpha value is -1.97. The number of esters is 1. The zero-order valence-electron chi connectivity index (χ0n) is 11.3. The van der Waals surface area contributed by atoms with Crippen molar-refractivity contribution >= 4 is 38.1 Å². The quantitative estimate of drug-likeness (QED) is 0.826. The van der Waals surface area contributed by atoms with Crippen molar-refractivity contribution in [2.24, 2.45) is 5.14 Å². The number of ether oxygens (including phenoxy) is 1. The maximum Gasteiger partial charge on any atom is 0.357 e. The number of methoxy groups -OCH3 is 1. The number of anilines is 2. The first-order valence-electron chi connectivity index (χ1n) is 5.77. The lowest BCUT2D eigenvalue weighted by molar-refractivity contribution is 0.0594. The third-order valence-corrected chi connectivity index (χ3v) is 4.42. The lowest BCUT2D eigenvalue weighted by Gasteiger charge is -2.03. The number of thiazole rings is 1. The number of nitrogens with zero attached hydrogens (tertiary/aromatic N) is 1. The molecule has 0 saturated heterocycles. The minimum absolute atomic E-state index is 0.0265. The second-order valence-corrected chi connectivity index (χ2v) is 6.87. The van der Waals surface area contributed by atoms with E-state index in [1.54, 1.807) is 19.1 Å². The second-order valence-electron chi connectivity index (χ2n) is 4.11. The third kappa shape index (κ3) is 3.57. The maximum atomic E-state index is 11.5. The molecule has 0 aliphatic heterocycles. The summed E-state index contributed by atoms with van der Waals surface area (Å²) in [7, 11) is -2.42. The molecule has 0 unspecified atom stereocenters. The molecule has 1 aromatic heterocycles. The van der Waals surface area contributed by atoms with E-state index < -0.39 is 16.0 Å². The van der Waals surface area contributed by atoms with Crippen LogP contribution in [0.2, 0.25) is 0 Å². The molecule has 0 bridgehead atoms. The minimum Gasteiger partial charge on any atom is -0.464 e. The maximum absolute atomic E-state index is 11.5. The molecule has 0 spiro atoms. The van der Waals surface area contributed by atoms with Gasteiger partial charge in [0, 0.05) is 10.6 Å². The summed E-state index contributed by atoms with van der Waals surface area (Å²) in [6.45, 7) is 1.76. The minimum atomic E-state index is -3.71. The predicted molar refractivity (Wildman–Crippen MR) is 79.3 cm³/mol. The predicted octanol–water partition coefficient (Wildman–Crippen LogP) is 1.63. The molecule has 7 nitrogen and oxygen atoms in total. The molecule has 2 aromatic rings. The Morgan fingerprint density at radius 2 is 1.95 bits per heavy atom. The van der Waals surface area contributed by atoms with E-state index in [9.17, 15) is 13.2 Å². The zero-order valence-corrected chi connectivity index (χ0v) is 12.9. The van der Waals surface area contributed by atoms with E-state index in [0.717, 1.165) is 4.88 Å². The molecule has 1 aromatic carbocycles. The van der Waals surface area contributed by atoms with Crippen LogP contribution in [-0.2, 0) is 14.8 Å². The first-order valence-corrected chi connectivity index (χ1v) is 8.13. The van der Waals surface area contributed by atoms with Gasteiger partial charge in [-0.05, 0) is 31.2 Å². The average Bonchev–Trinajstić information content (AvgIpc) is 2.78. The number of sulfonamides is 1. The van der Waals surface area contributed by atoms with Crippen molar-refractivity contribution in [1.29, 1.82) is 0 Å². The molecular formula is C12H13N3O4S2. The number of carbonyl (C=O) groups excluding carboxylic acids is 1. The first kappa shape index (κ1) is 15.4. The van der Waals surface area contributed by atoms with Crippen molar-refractivity contribution in [2.75, 3.05) is 12.4 Å². The van der Waals surface area contributed by atoms with E-state index in [-0.39, 0.29) is 10.6 Å². The molecule has 112 valence electrons. The van der Waals surface area contributed by atoms with Gasteiger partial charge in [-0.25, -0.2) is 23.3 Å². The third-order valence-electron chi connectivity index (χ3n) is 2.61. The largest absolute Gasteiger partial charge is 0.464 e. The van der Waals surface area contributed by atoms with Gasteiger partial charge in [-0.1, -0.05) is 0 Å². The second kappa shape index (κ2) is 5.80. The van der Waals surface area contributed by atoms with Crippen molar-refractivity contribution < 1.29 is 17.9 Å². The Kier molecular flexibility index (Phi) is 4.26. The van der Waals surface area contributed by atoms with Crippen LogP contribution in [0.4, 0.5) is 10.8 Å². The van der Waals surface area contributed by atoms with Crippen LogP contribution in [0, 0.1) is 6.92 Å². The van der Waals surface area contributed by atoms with E-state index in [2.05, 4.69) is 15.0 Å². The highest BCUT2D eigenvalue weighted by Crippen LogP contribution is 2.26. The van der Waals surface area contributed by atoms with Gasteiger partial charge in [0.1, 0.15) is 0 Å². The van der Waals surface area contributed by atoms with Crippen molar-refractivity contribution in [3.8, 4) is 0 Å². The topological polar surface area (TPSA) is 111 Å². The van der Waals surface area contributed by atoms with Gasteiger partial charge in [-0.2, -0.15) is 0 Å². The van der Waals surface area contributed by atoms with E-state index in [0.29, 0.717) is 10.8 Å². The number of hydrogen-bond acceptors (Lipinski definition) is 7. The zero-order chi connectivity index (χ0) is 15.6. The molecule has 0 amide bonds. The summed E-state index contributed by atoms with van der Waals surface area (Å²) >= 11 is 1.30. The normalized spacial score (nSPS) is 11.2. The van der Waals surface area contributed by atoms with E-state index in [4.69, 9.17) is 5.14 Å². The van der Waals surface area contributed by atoms with Crippen molar-refractivity contribution in [1.82, 2.24) is 4.98 Å². The number of nitrogens with two attached hydrogens (primary N) is 1. The van der Waals surface area contributed by atoms with E-state index in [1.807, 2.05) is 0 Å². The molecule has 0 radical (unpaired) electrons. The fraction of sp³-hybridized carbons (Fsp3) is 0.167. The van der Waals surface area contributed by atoms with E-state index >= 15 is 0 Å². The summed E-state index contributed by atoms with van der Waals surface area (Å²) in [6.07, 6.45) is 0. The summed E-state index contributed by atoms with van der Waals surface area (Å²) in [5, 5.41) is 8.52. The SMILES string of the molecule is COC(=O)c1nc(Nc2ccc(S(N)(=O)=O)cc2)sc1C. The van der Waals surface area contributed by atoms with Gasteiger partial charge in [0.05, 0.1) is 12.0 Å². The molecule has 0 aliphatic rings. The van der Waals surface area contributed by atoms with Crippen LogP contribution in [0.15, 0.2) is 29.2 Å². The summed E-state index contributed by atoms with van der Waals surface area (Å²) in [5.74, 6) is -0.499. The summed E-state index contributed by atoms with van der Waals surface area (Å²) < 4.78 is 26.9. The molecule has 21 heavy (non-hydrogen) atoms. The van der Waals surface area contributed by atoms with Crippen LogP contribution >= 0.6 is 11.3 Å². The van der Waals surface area contributed by atoms with Crippen LogP contribution in [-0.4, -0.2) is 26.5 Å². The van der Waals surface area contributed by atoms with Gasteiger partial charge in [0.15, 0.2) is 10.8 Å². The lowest BCUT2D eigenvalue weighted by Crippen LogP contribution is -2.11. The highest BCUT2D eigenvalue weighted by molar-refractivity contribution is 7.89. The van der Waals surface area contributed by atoms with Gasteiger partial charge >= 0.3 is 5.97 Å². The molecule has 2 rings (SSSR count). The van der Waals surface area contributed by atoms with Crippen molar-refractivity contribution in [2.45, 2.75) is 11.8 Å². The summed E-state index contributed by atoms with van der Waals surface area (Å²) in [4.78, 5) is 16.4. The Balaban J connectivity index is 2.21. The molecule has 3 N–H and O–H groups in total. The summed E-state index contributed by atoms with van der Waals surface area (Å²) in [6, 6.07) is 5.90. The van der Waals surface area contributed by atoms with Crippen molar-refractivity contribution in [3.05, 3.63) is 34.8 Å². The van der Waals surface area contributed by atoms with Gasteiger partial charge in [-0.15, -0.1) is 11.3 Å². The standard InChI is InChI=1S/C12H13N3O4S2/c1-7-10(11(16)19-2)15-12(20-7)14-8-3-5-9(6-4-8)21(13,17)18/h3-6H,1-2H3,(H,14,15)(H2,13,17,18). The molecule has 1 heterocycles. The number of hydrogen-bond donors (Lipinski definition) is 2. The van der Waals surface area contributed by atoms with Crippen LogP contribution < -0.4 is 10.5 Å². The Bertz CT molecular complexity index is 766. The van der Waals surface area contributed by atoms with Gasteiger partial charge in [-0.3, -0.25) is 0 Å². The molecule has 9 heteroatoms. The molecule has 0 atom stereocenters. The fourth-order valence-electron chi connectivity index (χ4n) is 1.59. The number of benzene rings is 1. The summed E-state index contributed by atoms with van der Waals surface area (Å²) in [5.41, 5.74) is 0.888. The smallest absolute Gasteiger partial charge is 0.357 e.